The van der Waals surface area contributed by atoms with E-state index in [1.165, 1.54) is 6.07 Å². The van der Waals surface area contributed by atoms with Crippen molar-refractivity contribution in [2.75, 3.05) is 43.1 Å². The van der Waals surface area contributed by atoms with Gasteiger partial charge in [-0.3, -0.25) is 14.5 Å². The minimum atomic E-state index is -3.06. The summed E-state index contributed by atoms with van der Waals surface area (Å²) in [5.41, 5.74) is 1.53. The van der Waals surface area contributed by atoms with Gasteiger partial charge in [-0.1, -0.05) is 29.8 Å². The molecule has 0 unspecified atom stereocenters. The predicted molar refractivity (Wildman–Crippen MR) is 178 cm³/mol. The first kappa shape index (κ1) is 33.6. The van der Waals surface area contributed by atoms with E-state index in [0.29, 0.717) is 38.2 Å². The number of nitrogens with zero attached hydrogens (tertiary/aromatic N) is 3. The second kappa shape index (κ2) is 14.0. The van der Waals surface area contributed by atoms with E-state index < -0.39 is 21.6 Å². The van der Waals surface area contributed by atoms with E-state index in [2.05, 4.69) is 10.2 Å². The molecule has 0 bridgehead atoms. The number of halogens is 2. The molecule has 10 nitrogen and oxygen atoms in total. The molecule has 252 valence electrons. The molecule has 1 N–H and O–H groups in total. The number of hydrogen-bond acceptors (Lipinski definition) is 7. The van der Waals surface area contributed by atoms with Gasteiger partial charge in [0.1, 0.15) is 12.1 Å². The van der Waals surface area contributed by atoms with E-state index in [1.807, 2.05) is 35.9 Å². The molecule has 13 heteroatoms. The Morgan fingerprint density at radius 2 is 1.83 bits per heavy atom. The zero-order valence-corrected chi connectivity index (χ0v) is 27.9. The normalized spacial score (nSPS) is 24.8. The van der Waals surface area contributed by atoms with E-state index in [-0.39, 0.29) is 64.2 Å². The molecule has 2 saturated heterocycles. The Morgan fingerprint density at radius 3 is 2.55 bits per heavy atom. The molecule has 2 atom stereocenters. The van der Waals surface area contributed by atoms with Crippen LogP contribution in [0.25, 0.3) is 10.9 Å². The summed E-state index contributed by atoms with van der Waals surface area (Å²) in [5.74, 6) is -1.12. The van der Waals surface area contributed by atoms with Crippen LogP contribution in [0.2, 0.25) is 5.02 Å². The third-order valence-corrected chi connectivity index (χ3v) is 11.8. The van der Waals surface area contributed by atoms with Crippen LogP contribution in [0.15, 0.2) is 42.6 Å². The SMILES string of the molecule is Cn1cc(C(=O)Nc2cc(F)c(CC(=O)N3C[C@@H](N4CCS(=O)(=O)CC4)C[C@H]3COC3CCC(C=O)CC3)cc2Cl)c2ccccc21. The van der Waals surface area contributed by atoms with Gasteiger partial charge in [0.05, 0.1) is 53.0 Å². The summed E-state index contributed by atoms with van der Waals surface area (Å²) in [4.78, 5) is 41.9. The molecular weight excluding hydrogens is 647 g/mol. The van der Waals surface area contributed by atoms with Gasteiger partial charge in [-0.25, -0.2) is 12.8 Å². The Morgan fingerprint density at radius 1 is 1.11 bits per heavy atom. The van der Waals surface area contributed by atoms with Crippen LogP contribution < -0.4 is 5.32 Å². The van der Waals surface area contributed by atoms with Gasteiger partial charge in [0, 0.05) is 55.7 Å². The fraction of sp³-hybridized carbons (Fsp3) is 0.500. The first-order valence-electron chi connectivity index (χ1n) is 16.2. The highest BCUT2D eigenvalue weighted by Gasteiger charge is 2.40. The fourth-order valence-corrected chi connectivity index (χ4v) is 8.61. The fourth-order valence-electron chi connectivity index (χ4n) is 7.15. The molecule has 1 aromatic heterocycles. The van der Waals surface area contributed by atoms with Crippen LogP contribution in [0.5, 0.6) is 0 Å². The van der Waals surface area contributed by atoms with Crippen molar-refractivity contribution >= 4 is 56.1 Å². The number of carbonyl (C=O) groups excluding carboxylic acids is 3. The molecule has 2 aromatic carbocycles. The Bertz CT molecular complexity index is 1760. The van der Waals surface area contributed by atoms with Gasteiger partial charge < -0.3 is 24.3 Å². The van der Waals surface area contributed by atoms with Crippen LogP contribution in [0, 0.1) is 11.7 Å². The molecule has 2 aliphatic heterocycles. The minimum absolute atomic E-state index is 0.00946. The van der Waals surface area contributed by atoms with Crippen molar-refractivity contribution in [2.45, 2.75) is 56.7 Å². The second-order valence-electron chi connectivity index (χ2n) is 13.0. The lowest BCUT2D eigenvalue weighted by Gasteiger charge is -2.31. The van der Waals surface area contributed by atoms with Crippen molar-refractivity contribution < 1.29 is 31.9 Å². The van der Waals surface area contributed by atoms with E-state index >= 15 is 4.39 Å². The monoisotopic (exact) mass is 686 g/mol. The summed E-state index contributed by atoms with van der Waals surface area (Å²) in [7, 11) is -1.22. The molecule has 0 spiro atoms. The zero-order valence-electron chi connectivity index (χ0n) is 26.4. The third-order valence-electron chi connectivity index (χ3n) is 9.91. The number of fused-ring (bicyclic) bond motifs is 1. The number of aromatic nitrogens is 1. The maximum atomic E-state index is 15.5. The highest BCUT2D eigenvalue weighted by atomic mass is 35.5. The van der Waals surface area contributed by atoms with Crippen LogP contribution in [-0.4, -0.2) is 96.8 Å². The van der Waals surface area contributed by atoms with Crippen molar-refractivity contribution in [2.24, 2.45) is 13.0 Å². The number of aryl methyl sites for hydroxylation is 1. The van der Waals surface area contributed by atoms with Crippen molar-refractivity contribution in [3.63, 3.8) is 0 Å². The molecular formula is C34H40ClFN4O6S. The number of carbonyl (C=O) groups is 3. The van der Waals surface area contributed by atoms with Gasteiger partial charge in [-0.2, -0.15) is 0 Å². The minimum Gasteiger partial charge on any atom is -0.376 e. The average Bonchev–Trinajstić information content (AvgIpc) is 3.64. The summed E-state index contributed by atoms with van der Waals surface area (Å²) in [6.45, 7) is 1.52. The number of rotatable bonds is 9. The van der Waals surface area contributed by atoms with Crippen molar-refractivity contribution in [1.29, 1.82) is 0 Å². The lowest BCUT2D eigenvalue weighted by Crippen LogP contribution is -2.47. The summed E-state index contributed by atoms with van der Waals surface area (Å²) >= 11 is 6.52. The molecule has 1 aliphatic carbocycles. The van der Waals surface area contributed by atoms with Crippen molar-refractivity contribution in [3.8, 4) is 0 Å². The Kier molecular flexibility index (Phi) is 10.0. The van der Waals surface area contributed by atoms with Crippen molar-refractivity contribution in [3.05, 3.63) is 64.6 Å². The van der Waals surface area contributed by atoms with E-state index in [0.717, 1.165) is 48.9 Å². The quantitative estimate of drug-likeness (QED) is 0.335. The summed E-state index contributed by atoms with van der Waals surface area (Å²) in [6.07, 6.45) is 6.25. The van der Waals surface area contributed by atoms with Crippen LogP contribution >= 0.6 is 11.6 Å². The number of hydrogen-bond donors (Lipinski definition) is 1. The van der Waals surface area contributed by atoms with Crippen LogP contribution in [0.4, 0.5) is 10.1 Å². The van der Waals surface area contributed by atoms with Crippen molar-refractivity contribution in [1.82, 2.24) is 14.4 Å². The Hall–Kier alpha value is -3.32. The molecule has 3 aliphatic rings. The average molecular weight is 687 g/mol. The van der Waals surface area contributed by atoms with E-state index in [9.17, 15) is 22.8 Å². The summed E-state index contributed by atoms with van der Waals surface area (Å²) in [6, 6.07) is 9.71. The Balaban J connectivity index is 1.14. The largest absolute Gasteiger partial charge is 0.376 e. The number of benzene rings is 2. The van der Waals surface area contributed by atoms with Gasteiger partial charge in [0.15, 0.2) is 9.84 Å². The van der Waals surface area contributed by atoms with E-state index in [1.54, 1.807) is 11.1 Å². The molecule has 2 amide bonds. The maximum Gasteiger partial charge on any atom is 0.257 e. The highest BCUT2D eigenvalue weighted by molar-refractivity contribution is 7.91. The summed E-state index contributed by atoms with van der Waals surface area (Å²) < 4.78 is 47.7. The smallest absolute Gasteiger partial charge is 0.257 e. The van der Waals surface area contributed by atoms with Crippen LogP contribution in [-0.2, 0) is 37.6 Å². The molecule has 3 heterocycles. The molecule has 6 rings (SSSR count). The number of likely N-dealkylation sites (tertiary alicyclic amines) is 1. The lowest BCUT2D eigenvalue weighted by molar-refractivity contribution is -0.133. The molecule has 3 fully saturated rings. The summed E-state index contributed by atoms with van der Waals surface area (Å²) in [5, 5.41) is 3.59. The number of anilines is 1. The zero-order chi connectivity index (χ0) is 33.3. The molecule has 47 heavy (non-hydrogen) atoms. The van der Waals surface area contributed by atoms with Crippen LogP contribution in [0.1, 0.15) is 48.0 Å². The first-order chi connectivity index (χ1) is 22.5. The predicted octanol–water partition coefficient (Wildman–Crippen LogP) is 4.24. The van der Waals surface area contributed by atoms with Gasteiger partial charge in [0.2, 0.25) is 5.91 Å². The highest BCUT2D eigenvalue weighted by Crippen LogP contribution is 2.31. The van der Waals surface area contributed by atoms with Gasteiger partial charge in [-0.15, -0.1) is 0 Å². The number of amides is 2. The Labute approximate surface area is 279 Å². The topological polar surface area (TPSA) is 118 Å². The third kappa shape index (κ3) is 7.56. The van der Waals surface area contributed by atoms with Gasteiger partial charge in [-0.05, 0) is 55.9 Å². The van der Waals surface area contributed by atoms with Crippen LogP contribution in [0.3, 0.4) is 0 Å². The number of aldehydes is 1. The molecule has 0 radical (unpaired) electrons. The first-order valence-corrected chi connectivity index (χ1v) is 18.4. The standard InChI is InChI=1S/C34H40ClFN4O6S/c1-38-19-28(27-4-2-3-5-32(27)38)34(43)37-31-17-30(36)23(14-29(31)35)15-33(42)40-18-24(39-10-12-47(44,45)13-11-39)16-25(40)21-46-26-8-6-22(20-41)7-9-26/h2-5,14,17,19-20,22,24-26H,6-13,15-16,18,21H2,1H3,(H,37,43)/t22?,24-,25-,26?/m0/s1. The lowest BCUT2D eigenvalue weighted by atomic mass is 9.88. The van der Waals surface area contributed by atoms with Gasteiger partial charge in [0.25, 0.3) is 5.91 Å². The number of ether oxygens (including phenoxy) is 1. The molecule has 1 saturated carbocycles. The maximum absolute atomic E-state index is 15.5. The number of para-hydroxylation sites is 1. The van der Waals surface area contributed by atoms with E-state index in [4.69, 9.17) is 16.3 Å². The second-order valence-corrected chi connectivity index (χ2v) is 15.7. The van der Waals surface area contributed by atoms with Gasteiger partial charge >= 0.3 is 0 Å². The molecule has 3 aromatic rings. The number of sulfone groups is 1. The number of nitrogens with one attached hydrogen (secondary N) is 1.